The van der Waals surface area contributed by atoms with E-state index in [1.54, 1.807) is 14.0 Å². The predicted octanol–water partition coefficient (Wildman–Crippen LogP) is 9.06. The second kappa shape index (κ2) is 19.8. The largest absolute Gasteiger partial charge is 0.462 e. The molecule has 0 saturated heterocycles. The SMILES string of the molecule is C.C=C(CO)C(=O)OCC(CCC1CCC2(C)C(CCC3C4CCC(CCCCC(C)C)C4(C)CCC32)C1)COC.CC(C=O)CO. The van der Waals surface area contributed by atoms with Crippen LogP contribution >= 0.6 is 0 Å². The Bertz CT molecular complexity index is 948. The van der Waals surface area contributed by atoms with Gasteiger partial charge in [-0.1, -0.05) is 67.9 Å². The van der Waals surface area contributed by atoms with Crippen molar-refractivity contribution in [3.63, 3.8) is 0 Å². The van der Waals surface area contributed by atoms with Crippen molar-refractivity contribution in [2.24, 2.45) is 64.1 Å². The summed E-state index contributed by atoms with van der Waals surface area (Å²) in [4.78, 5) is 21.5. The van der Waals surface area contributed by atoms with Gasteiger partial charge in [0.05, 0.1) is 32.0 Å². The van der Waals surface area contributed by atoms with E-state index in [0.717, 1.165) is 54.1 Å². The van der Waals surface area contributed by atoms with Gasteiger partial charge in [-0.3, -0.25) is 0 Å². The summed E-state index contributed by atoms with van der Waals surface area (Å²) in [7, 11) is 1.72. The monoisotopic (exact) mass is 663 g/mol. The minimum atomic E-state index is -0.489. The van der Waals surface area contributed by atoms with E-state index in [2.05, 4.69) is 34.3 Å². The van der Waals surface area contributed by atoms with Crippen LogP contribution in [-0.4, -0.2) is 56.0 Å². The lowest BCUT2D eigenvalue weighted by molar-refractivity contribution is -0.141. The Kier molecular flexibility index (Phi) is 17.7. The number of aliphatic hydroxyl groups is 2. The van der Waals surface area contributed by atoms with Gasteiger partial charge in [0.1, 0.15) is 6.29 Å². The molecule has 2 N–H and O–H groups in total. The third-order valence-corrected chi connectivity index (χ3v) is 13.4. The minimum absolute atomic E-state index is 0. The van der Waals surface area contributed by atoms with E-state index < -0.39 is 5.97 Å². The summed E-state index contributed by atoms with van der Waals surface area (Å²) in [5, 5.41) is 17.2. The molecule has 0 spiro atoms. The number of carbonyl (C=O) groups is 2. The van der Waals surface area contributed by atoms with Crippen molar-refractivity contribution in [1.29, 1.82) is 0 Å². The molecule has 10 unspecified atom stereocenters. The van der Waals surface area contributed by atoms with Gasteiger partial charge in [0.25, 0.3) is 0 Å². The Morgan fingerprint density at radius 2 is 1.62 bits per heavy atom. The molecule has 0 aromatic heterocycles. The molecule has 274 valence electrons. The predicted molar refractivity (Wildman–Crippen MR) is 193 cm³/mol. The van der Waals surface area contributed by atoms with Gasteiger partial charge in [-0.2, -0.15) is 0 Å². The van der Waals surface area contributed by atoms with E-state index in [9.17, 15) is 9.59 Å². The number of rotatable bonds is 16. The molecular formula is C41H74O6. The minimum Gasteiger partial charge on any atom is -0.462 e. The maximum absolute atomic E-state index is 12.0. The number of ether oxygens (including phenoxy) is 2. The number of methoxy groups -OCH3 is 1. The van der Waals surface area contributed by atoms with Gasteiger partial charge < -0.3 is 24.5 Å². The van der Waals surface area contributed by atoms with E-state index in [0.29, 0.717) is 24.0 Å². The smallest absolute Gasteiger partial charge is 0.335 e. The van der Waals surface area contributed by atoms with Gasteiger partial charge in [-0.25, -0.2) is 4.79 Å². The molecule has 0 aliphatic heterocycles. The normalized spacial score (nSPS) is 34.0. The van der Waals surface area contributed by atoms with Gasteiger partial charge >= 0.3 is 5.97 Å². The number of hydrogen-bond acceptors (Lipinski definition) is 6. The van der Waals surface area contributed by atoms with Crippen LogP contribution in [0.3, 0.4) is 0 Å². The molecule has 6 heteroatoms. The fraction of sp³-hybridized carbons (Fsp3) is 0.902. The molecule has 0 aromatic rings. The molecule has 0 bridgehead atoms. The Morgan fingerprint density at radius 1 is 0.915 bits per heavy atom. The average molecular weight is 663 g/mol. The van der Waals surface area contributed by atoms with Crippen molar-refractivity contribution >= 4 is 12.3 Å². The molecule has 47 heavy (non-hydrogen) atoms. The van der Waals surface area contributed by atoms with Gasteiger partial charge in [0.2, 0.25) is 0 Å². The number of aldehydes is 1. The highest BCUT2D eigenvalue weighted by Gasteiger charge is 2.59. The highest BCUT2D eigenvalue weighted by atomic mass is 16.5. The zero-order chi connectivity index (χ0) is 33.9. The highest BCUT2D eigenvalue weighted by Crippen LogP contribution is 2.68. The maximum Gasteiger partial charge on any atom is 0.335 e. The molecule has 4 saturated carbocycles. The molecule has 0 heterocycles. The first kappa shape index (κ1) is 41.9. The molecule has 0 radical (unpaired) electrons. The van der Waals surface area contributed by atoms with E-state index in [1.165, 1.54) is 89.9 Å². The van der Waals surface area contributed by atoms with E-state index >= 15 is 0 Å². The lowest BCUT2D eigenvalue weighted by atomic mass is 9.44. The molecule has 0 aromatic carbocycles. The number of hydrogen-bond donors (Lipinski definition) is 2. The van der Waals surface area contributed by atoms with Crippen LogP contribution in [0.15, 0.2) is 12.2 Å². The van der Waals surface area contributed by atoms with E-state index in [1.807, 2.05) is 0 Å². The number of fused-ring (bicyclic) bond motifs is 5. The first-order chi connectivity index (χ1) is 21.9. The number of carbonyl (C=O) groups excluding carboxylic acids is 2. The first-order valence-electron chi connectivity index (χ1n) is 18.9. The van der Waals surface area contributed by atoms with Crippen LogP contribution in [-0.2, 0) is 19.1 Å². The second-order valence-electron chi connectivity index (χ2n) is 16.8. The molecule has 6 nitrogen and oxygen atoms in total. The third kappa shape index (κ3) is 10.9. The van der Waals surface area contributed by atoms with Crippen molar-refractivity contribution in [3.05, 3.63) is 12.2 Å². The van der Waals surface area contributed by atoms with Crippen LogP contribution in [0.4, 0.5) is 0 Å². The Hall–Kier alpha value is -1.24. The zero-order valence-electron chi connectivity index (χ0n) is 30.4. The molecular weight excluding hydrogens is 588 g/mol. The summed E-state index contributed by atoms with van der Waals surface area (Å²) in [6.45, 7) is 16.0. The van der Waals surface area contributed by atoms with Gasteiger partial charge in [-0.15, -0.1) is 0 Å². The van der Waals surface area contributed by atoms with Gasteiger partial charge in [0.15, 0.2) is 0 Å². The highest BCUT2D eigenvalue weighted by molar-refractivity contribution is 5.87. The lowest BCUT2D eigenvalue weighted by Crippen LogP contribution is -2.53. The fourth-order valence-corrected chi connectivity index (χ4v) is 10.5. The summed E-state index contributed by atoms with van der Waals surface area (Å²) in [6, 6.07) is 0. The second-order valence-corrected chi connectivity index (χ2v) is 16.8. The van der Waals surface area contributed by atoms with Crippen LogP contribution in [0.2, 0.25) is 0 Å². The van der Waals surface area contributed by atoms with Crippen LogP contribution in [0.25, 0.3) is 0 Å². The van der Waals surface area contributed by atoms with Crippen LogP contribution in [0.5, 0.6) is 0 Å². The Balaban J connectivity index is 0.00000100. The van der Waals surface area contributed by atoms with Crippen molar-refractivity contribution in [3.8, 4) is 0 Å². The quantitative estimate of drug-likeness (QED) is 0.0741. The zero-order valence-corrected chi connectivity index (χ0v) is 30.4. The molecule has 4 fully saturated rings. The van der Waals surface area contributed by atoms with Crippen molar-refractivity contribution in [2.75, 3.05) is 33.5 Å². The summed E-state index contributed by atoms with van der Waals surface area (Å²) in [5.74, 6) is 5.94. The summed E-state index contributed by atoms with van der Waals surface area (Å²) < 4.78 is 10.9. The molecule has 4 aliphatic carbocycles. The molecule has 4 aliphatic rings. The van der Waals surface area contributed by atoms with Crippen molar-refractivity contribution in [1.82, 2.24) is 0 Å². The molecule has 10 atom stereocenters. The Morgan fingerprint density at radius 3 is 2.23 bits per heavy atom. The third-order valence-electron chi connectivity index (χ3n) is 13.4. The average Bonchev–Trinajstić information content (AvgIpc) is 3.39. The lowest BCUT2D eigenvalue weighted by Gasteiger charge is -2.61. The number of aliphatic hydroxyl groups excluding tert-OH is 2. The molecule has 0 amide bonds. The summed E-state index contributed by atoms with van der Waals surface area (Å²) in [6.07, 6.45) is 21.8. The topological polar surface area (TPSA) is 93.1 Å². The number of unbranched alkanes of at least 4 members (excludes halogenated alkanes) is 1. The Labute approximate surface area is 289 Å². The van der Waals surface area contributed by atoms with Crippen molar-refractivity contribution < 1.29 is 29.3 Å². The van der Waals surface area contributed by atoms with Crippen LogP contribution < -0.4 is 0 Å². The van der Waals surface area contributed by atoms with E-state index in [-0.39, 0.29) is 38.0 Å². The summed E-state index contributed by atoms with van der Waals surface area (Å²) >= 11 is 0. The van der Waals surface area contributed by atoms with Gasteiger partial charge in [0, 0.05) is 18.9 Å². The molecule has 4 rings (SSSR count). The standard InChI is InChI=1S/C36H62O4.C4H8O2.CH4/c1-25(2)9-7-8-10-29-14-16-32-31-15-13-30-21-27(17-19-36(30,5)33(31)18-20-35(29,32)4)11-12-28(23-39-6)24-40-34(38)26(3)22-37;1-4(2-5)3-6;/h25,27-33,37H,3,7-24H2,1-2,4-6H3;2,4,6H,3H2,1H3;1H4. The van der Waals surface area contributed by atoms with E-state index in [4.69, 9.17) is 19.7 Å². The fourth-order valence-electron chi connectivity index (χ4n) is 10.5. The summed E-state index contributed by atoms with van der Waals surface area (Å²) in [5.41, 5.74) is 1.28. The van der Waals surface area contributed by atoms with Crippen LogP contribution in [0.1, 0.15) is 138 Å². The number of esters is 1. The van der Waals surface area contributed by atoms with Gasteiger partial charge in [-0.05, 0) is 129 Å². The maximum atomic E-state index is 12.0. The first-order valence-corrected chi connectivity index (χ1v) is 18.9. The van der Waals surface area contributed by atoms with Crippen molar-refractivity contribution in [2.45, 2.75) is 138 Å². The van der Waals surface area contributed by atoms with Crippen LogP contribution in [0, 0.1) is 64.1 Å².